The van der Waals surface area contributed by atoms with Crippen LogP contribution in [0.25, 0.3) is 10.9 Å². The van der Waals surface area contributed by atoms with Crippen LogP contribution in [0.5, 0.6) is 0 Å². The number of nitrogens with zero attached hydrogens (tertiary/aromatic N) is 1. The van der Waals surface area contributed by atoms with E-state index in [-0.39, 0.29) is 18.2 Å². The number of aromatic amines is 1. The van der Waals surface area contributed by atoms with Crippen LogP contribution in [0.4, 0.5) is 11.4 Å². The lowest BCUT2D eigenvalue weighted by molar-refractivity contribution is -0.121. The third-order valence-electron chi connectivity index (χ3n) is 4.65. The number of aryl methyl sites for hydroxylation is 2. The second-order valence-electron chi connectivity index (χ2n) is 6.54. The Morgan fingerprint density at radius 1 is 1.08 bits per heavy atom. The van der Waals surface area contributed by atoms with E-state index in [4.69, 9.17) is 0 Å². The van der Waals surface area contributed by atoms with Crippen LogP contribution in [-0.2, 0) is 9.59 Å². The summed E-state index contributed by atoms with van der Waals surface area (Å²) in [5.41, 5.74) is 4.44. The molecule has 2 aromatic carbocycles. The highest BCUT2D eigenvalue weighted by Gasteiger charge is 2.40. The Balaban J connectivity index is 1.61. The minimum atomic E-state index is -0.542. The standard InChI is InChI=1S/C20H19N3O2/c1-12-3-4-13(2)18(9-12)23-19(24)11-17(20(23)25)22-15-6-5-14-7-8-21-16(14)10-15/h3-10,17,21-22H,11H2,1-2H3/t17-/m0/s1. The zero-order valence-electron chi connectivity index (χ0n) is 14.2. The summed E-state index contributed by atoms with van der Waals surface area (Å²) in [6.07, 6.45) is 2.04. The van der Waals surface area contributed by atoms with Crippen LogP contribution >= 0.6 is 0 Å². The Labute approximate surface area is 145 Å². The third kappa shape index (κ3) is 2.67. The first kappa shape index (κ1) is 15.4. The first-order chi connectivity index (χ1) is 12.0. The van der Waals surface area contributed by atoms with Crippen molar-refractivity contribution < 1.29 is 9.59 Å². The van der Waals surface area contributed by atoms with Gasteiger partial charge in [-0.2, -0.15) is 0 Å². The van der Waals surface area contributed by atoms with Gasteiger partial charge >= 0.3 is 0 Å². The van der Waals surface area contributed by atoms with E-state index in [2.05, 4.69) is 10.3 Å². The molecule has 1 fully saturated rings. The average Bonchev–Trinajstić information content (AvgIpc) is 3.15. The summed E-state index contributed by atoms with van der Waals surface area (Å²) < 4.78 is 0. The highest BCUT2D eigenvalue weighted by Crippen LogP contribution is 2.29. The van der Waals surface area contributed by atoms with Gasteiger partial charge in [0.1, 0.15) is 6.04 Å². The molecule has 126 valence electrons. The van der Waals surface area contributed by atoms with Gasteiger partial charge in [0.15, 0.2) is 0 Å². The lowest BCUT2D eigenvalue weighted by atomic mass is 10.1. The molecule has 2 amide bonds. The van der Waals surface area contributed by atoms with Crippen molar-refractivity contribution in [2.45, 2.75) is 26.3 Å². The number of hydrogen-bond donors (Lipinski definition) is 2. The van der Waals surface area contributed by atoms with Gasteiger partial charge in [-0.3, -0.25) is 9.59 Å². The van der Waals surface area contributed by atoms with Gasteiger partial charge in [0.05, 0.1) is 12.1 Å². The Hall–Kier alpha value is -3.08. The van der Waals surface area contributed by atoms with Crippen molar-refractivity contribution in [1.29, 1.82) is 0 Å². The zero-order chi connectivity index (χ0) is 17.6. The van der Waals surface area contributed by atoms with Crippen LogP contribution in [0.2, 0.25) is 0 Å². The predicted octanol–water partition coefficient (Wildman–Crippen LogP) is 3.53. The molecule has 2 heterocycles. The highest BCUT2D eigenvalue weighted by molar-refractivity contribution is 6.23. The number of aromatic nitrogens is 1. The van der Waals surface area contributed by atoms with Crippen molar-refractivity contribution in [2.75, 3.05) is 10.2 Å². The molecule has 4 rings (SSSR count). The maximum Gasteiger partial charge on any atom is 0.256 e. The summed E-state index contributed by atoms with van der Waals surface area (Å²) in [6, 6.07) is 13.1. The fourth-order valence-electron chi connectivity index (χ4n) is 3.30. The van der Waals surface area contributed by atoms with E-state index in [1.807, 2.05) is 62.5 Å². The number of fused-ring (bicyclic) bond motifs is 1. The molecule has 2 N–H and O–H groups in total. The molecule has 0 unspecified atom stereocenters. The molecular weight excluding hydrogens is 314 g/mol. The molecule has 25 heavy (non-hydrogen) atoms. The van der Waals surface area contributed by atoms with Crippen LogP contribution in [0.3, 0.4) is 0 Å². The number of amides is 2. The van der Waals surface area contributed by atoms with Gasteiger partial charge in [-0.15, -0.1) is 0 Å². The lowest BCUT2D eigenvalue weighted by Gasteiger charge is -2.18. The molecule has 3 aromatic rings. The Morgan fingerprint density at radius 3 is 2.76 bits per heavy atom. The summed E-state index contributed by atoms with van der Waals surface area (Å²) in [7, 11) is 0. The molecule has 0 aliphatic carbocycles. The monoisotopic (exact) mass is 333 g/mol. The van der Waals surface area contributed by atoms with Gasteiger partial charge in [-0.1, -0.05) is 18.2 Å². The average molecular weight is 333 g/mol. The number of imide groups is 1. The number of rotatable bonds is 3. The number of hydrogen-bond acceptors (Lipinski definition) is 3. The maximum absolute atomic E-state index is 12.8. The molecule has 1 aromatic heterocycles. The van der Waals surface area contributed by atoms with E-state index in [9.17, 15) is 9.59 Å². The molecule has 0 spiro atoms. The fourth-order valence-corrected chi connectivity index (χ4v) is 3.30. The molecule has 5 heteroatoms. The number of carbonyl (C=O) groups is 2. The molecule has 1 saturated heterocycles. The number of H-pyrrole nitrogens is 1. The molecule has 1 aliphatic rings. The fraction of sp³-hybridized carbons (Fsp3) is 0.200. The summed E-state index contributed by atoms with van der Waals surface area (Å²) in [5.74, 6) is -0.373. The van der Waals surface area contributed by atoms with Crippen LogP contribution in [-0.4, -0.2) is 22.8 Å². The minimum Gasteiger partial charge on any atom is -0.373 e. The molecule has 0 saturated carbocycles. The van der Waals surface area contributed by atoms with Crippen molar-refractivity contribution in [3.63, 3.8) is 0 Å². The molecule has 0 radical (unpaired) electrons. The summed E-state index contributed by atoms with van der Waals surface area (Å²) >= 11 is 0. The molecule has 5 nitrogen and oxygen atoms in total. The largest absolute Gasteiger partial charge is 0.373 e. The van der Waals surface area contributed by atoms with Gasteiger partial charge in [0, 0.05) is 17.4 Å². The molecule has 1 aliphatic heterocycles. The smallest absolute Gasteiger partial charge is 0.256 e. The normalized spacial score (nSPS) is 17.5. The highest BCUT2D eigenvalue weighted by atomic mass is 16.2. The topological polar surface area (TPSA) is 65.2 Å². The molecular formula is C20H19N3O2. The second-order valence-corrected chi connectivity index (χ2v) is 6.54. The Bertz CT molecular complexity index is 990. The van der Waals surface area contributed by atoms with Gasteiger partial charge in [0.25, 0.3) is 5.91 Å². The van der Waals surface area contributed by atoms with Crippen LogP contribution < -0.4 is 10.2 Å². The van der Waals surface area contributed by atoms with Gasteiger partial charge < -0.3 is 10.3 Å². The number of anilines is 2. The number of benzene rings is 2. The molecule has 0 bridgehead atoms. The Kier molecular flexibility index (Phi) is 3.57. The van der Waals surface area contributed by atoms with Crippen molar-refractivity contribution in [1.82, 2.24) is 4.98 Å². The number of nitrogens with one attached hydrogen (secondary N) is 2. The predicted molar refractivity (Wildman–Crippen MR) is 98.7 cm³/mol. The minimum absolute atomic E-state index is 0.162. The quantitative estimate of drug-likeness (QED) is 0.721. The first-order valence-electron chi connectivity index (χ1n) is 8.30. The van der Waals surface area contributed by atoms with Gasteiger partial charge in [-0.05, 0) is 54.6 Å². The van der Waals surface area contributed by atoms with Crippen molar-refractivity contribution >= 4 is 34.1 Å². The van der Waals surface area contributed by atoms with Crippen LogP contribution in [0.1, 0.15) is 17.5 Å². The van der Waals surface area contributed by atoms with E-state index < -0.39 is 6.04 Å². The lowest BCUT2D eigenvalue weighted by Crippen LogP contribution is -2.35. The van der Waals surface area contributed by atoms with E-state index in [1.54, 1.807) is 0 Å². The zero-order valence-corrected chi connectivity index (χ0v) is 14.2. The van der Waals surface area contributed by atoms with E-state index >= 15 is 0 Å². The summed E-state index contributed by atoms with van der Waals surface area (Å²) in [4.78, 5) is 29.8. The third-order valence-corrected chi connectivity index (χ3v) is 4.65. The second kappa shape index (κ2) is 5.77. The summed E-state index contributed by atoms with van der Waals surface area (Å²) in [5, 5.41) is 4.31. The van der Waals surface area contributed by atoms with E-state index in [1.165, 1.54) is 4.90 Å². The van der Waals surface area contributed by atoms with Crippen LogP contribution in [0, 0.1) is 13.8 Å². The SMILES string of the molecule is Cc1ccc(C)c(N2C(=O)C[C@H](Nc3ccc4cc[nH]c4c3)C2=O)c1. The van der Waals surface area contributed by atoms with Crippen molar-refractivity contribution in [3.8, 4) is 0 Å². The number of carbonyl (C=O) groups excluding carboxylic acids is 2. The van der Waals surface area contributed by atoms with Crippen molar-refractivity contribution in [3.05, 3.63) is 59.8 Å². The van der Waals surface area contributed by atoms with Crippen molar-refractivity contribution in [2.24, 2.45) is 0 Å². The maximum atomic E-state index is 12.8. The Morgan fingerprint density at radius 2 is 1.92 bits per heavy atom. The van der Waals surface area contributed by atoms with E-state index in [0.29, 0.717) is 5.69 Å². The first-order valence-corrected chi connectivity index (χ1v) is 8.30. The van der Waals surface area contributed by atoms with Gasteiger partial charge in [-0.25, -0.2) is 4.90 Å². The van der Waals surface area contributed by atoms with Crippen LogP contribution in [0.15, 0.2) is 48.7 Å². The molecule has 1 atom stereocenters. The van der Waals surface area contributed by atoms with Gasteiger partial charge in [0.2, 0.25) is 5.91 Å². The van der Waals surface area contributed by atoms with E-state index in [0.717, 1.165) is 27.7 Å². The summed E-state index contributed by atoms with van der Waals surface area (Å²) in [6.45, 7) is 3.87.